The fraction of sp³-hybridized carbons (Fsp3) is 0.857. The van der Waals surface area contributed by atoms with Crippen LogP contribution in [0.3, 0.4) is 0 Å². The molecule has 2 saturated heterocycles. The topological polar surface area (TPSA) is 60.9 Å². The predicted molar refractivity (Wildman–Crippen MR) is 71.9 cm³/mol. The first kappa shape index (κ1) is 14.2. The summed E-state index contributed by atoms with van der Waals surface area (Å²) in [5, 5.41) is 8.95. The number of carbonyl (C=O) groups is 2. The van der Waals surface area contributed by atoms with Gasteiger partial charge >= 0.3 is 12.0 Å². The van der Waals surface area contributed by atoms with Crippen LogP contribution in [0.4, 0.5) is 4.79 Å². The molecule has 5 nitrogen and oxygen atoms in total. The molecule has 0 aliphatic carbocycles. The Morgan fingerprint density at radius 3 is 2.05 bits per heavy atom. The van der Waals surface area contributed by atoms with E-state index in [1.54, 1.807) is 11.8 Å². The van der Waals surface area contributed by atoms with E-state index in [9.17, 15) is 9.59 Å². The molecule has 0 aromatic heterocycles. The number of carbonyl (C=O) groups excluding carboxylic acids is 1. The van der Waals surface area contributed by atoms with E-state index in [-0.39, 0.29) is 17.9 Å². The molecule has 19 heavy (non-hydrogen) atoms. The van der Waals surface area contributed by atoms with Crippen LogP contribution in [0, 0.1) is 11.8 Å². The number of nitrogens with zero attached hydrogens (tertiary/aromatic N) is 2. The van der Waals surface area contributed by atoms with E-state index >= 15 is 0 Å². The van der Waals surface area contributed by atoms with Crippen molar-refractivity contribution in [1.82, 2.24) is 9.80 Å². The van der Waals surface area contributed by atoms with Gasteiger partial charge < -0.3 is 14.9 Å². The Hall–Kier alpha value is -1.26. The summed E-state index contributed by atoms with van der Waals surface area (Å²) in [6.07, 6.45) is 5.89. The van der Waals surface area contributed by atoms with Crippen molar-refractivity contribution in [3.63, 3.8) is 0 Å². The Morgan fingerprint density at radius 1 is 1.00 bits per heavy atom. The van der Waals surface area contributed by atoms with E-state index in [1.807, 2.05) is 4.90 Å². The van der Waals surface area contributed by atoms with Gasteiger partial charge in [0.15, 0.2) is 0 Å². The molecule has 5 heteroatoms. The van der Waals surface area contributed by atoms with Crippen molar-refractivity contribution >= 4 is 12.0 Å². The maximum Gasteiger partial charge on any atom is 0.320 e. The minimum Gasteiger partial charge on any atom is -0.481 e. The molecule has 2 fully saturated rings. The summed E-state index contributed by atoms with van der Waals surface area (Å²) in [6.45, 7) is 4.64. The molecule has 2 amide bonds. The minimum atomic E-state index is -0.761. The monoisotopic (exact) mass is 268 g/mol. The molecule has 0 spiro atoms. The summed E-state index contributed by atoms with van der Waals surface area (Å²) in [6, 6.07) is 0.107. The Bertz CT molecular complexity index is 332. The number of hydrogen-bond donors (Lipinski definition) is 1. The van der Waals surface area contributed by atoms with Crippen molar-refractivity contribution in [3.05, 3.63) is 0 Å². The molecule has 2 aliphatic heterocycles. The van der Waals surface area contributed by atoms with Crippen molar-refractivity contribution in [3.8, 4) is 0 Å². The summed E-state index contributed by atoms with van der Waals surface area (Å²) < 4.78 is 0. The normalized spacial score (nSPS) is 23.2. The van der Waals surface area contributed by atoms with Crippen LogP contribution in [0.15, 0.2) is 0 Å². The van der Waals surface area contributed by atoms with Crippen molar-refractivity contribution in [2.75, 3.05) is 26.2 Å². The third-order valence-corrected chi connectivity index (χ3v) is 4.40. The lowest BCUT2D eigenvalue weighted by Crippen LogP contribution is -2.57. The van der Waals surface area contributed by atoms with Gasteiger partial charge in [-0.1, -0.05) is 26.2 Å². The van der Waals surface area contributed by atoms with E-state index < -0.39 is 5.97 Å². The van der Waals surface area contributed by atoms with Gasteiger partial charge in [0.1, 0.15) is 0 Å². The van der Waals surface area contributed by atoms with Crippen molar-refractivity contribution in [2.45, 2.75) is 39.0 Å². The van der Waals surface area contributed by atoms with Crippen LogP contribution in [-0.4, -0.2) is 53.1 Å². The van der Waals surface area contributed by atoms with Gasteiger partial charge in [0.05, 0.1) is 5.92 Å². The third-order valence-electron chi connectivity index (χ3n) is 4.40. The molecule has 0 bridgehead atoms. The van der Waals surface area contributed by atoms with Gasteiger partial charge in [0, 0.05) is 32.1 Å². The summed E-state index contributed by atoms with van der Waals surface area (Å²) in [4.78, 5) is 26.9. The molecule has 1 unspecified atom stereocenters. The van der Waals surface area contributed by atoms with Gasteiger partial charge in [-0.2, -0.15) is 0 Å². The number of urea groups is 1. The average Bonchev–Trinajstić information content (AvgIpc) is 2.25. The van der Waals surface area contributed by atoms with E-state index in [1.165, 1.54) is 19.3 Å². The summed E-state index contributed by atoms with van der Waals surface area (Å²) in [7, 11) is 0. The highest BCUT2D eigenvalue weighted by Gasteiger charge is 2.38. The molecule has 108 valence electrons. The molecule has 0 radical (unpaired) electrons. The number of rotatable bonds is 2. The summed E-state index contributed by atoms with van der Waals surface area (Å²) >= 11 is 0. The maximum absolute atomic E-state index is 12.3. The number of carboxylic acid groups (broad SMARTS) is 1. The van der Waals surface area contributed by atoms with Gasteiger partial charge in [-0.05, 0) is 12.8 Å². The Kier molecular flexibility index (Phi) is 4.66. The van der Waals surface area contributed by atoms with Crippen LogP contribution in [0.25, 0.3) is 0 Å². The van der Waals surface area contributed by atoms with Gasteiger partial charge in [0.25, 0.3) is 0 Å². The fourth-order valence-corrected chi connectivity index (χ4v) is 2.83. The highest BCUT2D eigenvalue weighted by Crippen LogP contribution is 2.25. The zero-order valence-corrected chi connectivity index (χ0v) is 11.7. The molecular formula is C14H24N2O3. The summed E-state index contributed by atoms with van der Waals surface area (Å²) in [5.41, 5.74) is 0. The zero-order valence-electron chi connectivity index (χ0n) is 11.7. The summed E-state index contributed by atoms with van der Waals surface area (Å²) in [5.74, 6) is -0.990. The van der Waals surface area contributed by atoms with Crippen molar-refractivity contribution in [1.29, 1.82) is 0 Å². The number of amides is 2. The quantitative estimate of drug-likeness (QED) is 0.833. The second kappa shape index (κ2) is 6.26. The predicted octanol–water partition coefficient (Wildman–Crippen LogP) is 2.03. The Morgan fingerprint density at radius 2 is 1.53 bits per heavy atom. The highest BCUT2D eigenvalue weighted by atomic mass is 16.4. The second-order valence-electron chi connectivity index (χ2n) is 5.83. The molecule has 0 saturated carbocycles. The molecule has 0 aromatic rings. The lowest BCUT2D eigenvalue weighted by molar-refractivity contribution is -0.144. The highest BCUT2D eigenvalue weighted by molar-refractivity contribution is 5.76. The largest absolute Gasteiger partial charge is 0.481 e. The maximum atomic E-state index is 12.3. The third kappa shape index (κ3) is 3.39. The fourth-order valence-electron chi connectivity index (χ4n) is 2.83. The van der Waals surface area contributed by atoms with E-state index in [4.69, 9.17) is 5.11 Å². The van der Waals surface area contributed by atoms with E-state index in [2.05, 4.69) is 0 Å². The SMILES string of the molecule is CC(C(=O)O)C1CN(C(=O)N2CCCCCCC2)C1. The smallest absolute Gasteiger partial charge is 0.320 e. The standard InChI is InChI=1S/C14H24N2O3/c1-11(13(17)18)12-9-16(10-12)14(19)15-7-5-3-2-4-6-8-15/h11-12H,2-10H2,1H3,(H,17,18). The molecule has 0 aromatic carbocycles. The van der Waals surface area contributed by atoms with Gasteiger partial charge in [0.2, 0.25) is 0 Å². The van der Waals surface area contributed by atoms with Crippen LogP contribution in [0.2, 0.25) is 0 Å². The van der Waals surface area contributed by atoms with Crippen LogP contribution in [-0.2, 0) is 4.79 Å². The van der Waals surface area contributed by atoms with Gasteiger partial charge in [-0.15, -0.1) is 0 Å². The first-order valence-electron chi connectivity index (χ1n) is 7.36. The molecule has 1 N–H and O–H groups in total. The lowest BCUT2D eigenvalue weighted by atomic mass is 9.87. The minimum absolute atomic E-state index is 0.107. The first-order valence-corrected chi connectivity index (χ1v) is 7.36. The molecule has 1 atom stereocenters. The van der Waals surface area contributed by atoms with Crippen molar-refractivity contribution in [2.24, 2.45) is 11.8 Å². The van der Waals surface area contributed by atoms with Crippen LogP contribution in [0.5, 0.6) is 0 Å². The lowest BCUT2D eigenvalue weighted by Gasteiger charge is -2.43. The van der Waals surface area contributed by atoms with E-state index in [0.717, 1.165) is 25.9 Å². The van der Waals surface area contributed by atoms with Crippen LogP contribution in [0.1, 0.15) is 39.0 Å². The number of carboxylic acids is 1. The van der Waals surface area contributed by atoms with Gasteiger partial charge in [-0.3, -0.25) is 4.79 Å². The molecule has 2 rings (SSSR count). The number of likely N-dealkylation sites (tertiary alicyclic amines) is 2. The number of aliphatic carboxylic acids is 1. The van der Waals surface area contributed by atoms with Gasteiger partial charge in [-0.25, -0.2) is 4.79 Å². The zero-order chi connectivity index (χ0) is 13.8. The molecule has 2 aliphatic rings. The second-order valence-corrected chi connectivity index (χ2v) is 5.83. The Labute approximate surface area is 114 Å². The van der Waals surface area contributed by atoms with E-state index in [0.29, 0.717) is 13.1 Å². The molecular weight excluding hydrogens is 244 g/mol. The van der Waals surface area contributed by atoms with Crippen molar-refractivity contribution < 1.29 is 14.7 Å². The van der Waals surface area contributed by atoms with Crippen LogP contribution < -0.4 is 0 Å². The Balaban J connectivity index is 1.79. The van der Waals surface area contributed by atoms with Crippen LogP contribution >= 0.6 is 0 Å². The molecule has 2 heterocycles. The average molecular weight is 268 g/mol. The number of hydrogen-bond acceptors (Lipinski definition) is 2. The first-order chi connectivity index (χ1) is 9.09.